The molecule has 114 valence electrons. The van der Waals surface area contributed by atoms with E-state index in [0.717, 1.165) is 31.2 Å². The van der Waals surface area contributed by atoms with Gasteiger partial charge in [0.05, 0.1) is 6.54 Å². The molecule has 1 atom stereocenters. The summed E-state index contributed by atoms with van der Waals surface area (Å²) in [6, 6.07) is 7.53. The normalized spacial score (nSPS) is 19.2. The Morgan fingerprint density at radius 2 is 2.33 bits per heavy atom. The fourth-order valence-electron chi connectivity index (χ4n) is 2.66. The molecule has 1 aliphatic rings. The van der Waals surface area contributed by atoms with Gasteiger partial charge in [-0.1, -0.05) is 23.7 Å². The predicted octanol–water partition coefficient (Wildman–Crippen LogP) is 2.21. The largest absolute Gasteiger partial charge is 0.340 e. The predicted molar refractivity (Wildman–Crippen MR) is 83.2 cm³/mol. The highest BCUT2D eigenvalue weighted by atomic mass is 35.5. The first-order valence-corrected chi connectivity index (χ1v) is 7.62. The topological polar surface area (TPSA) is 40.6 Å². The molecule has 0 bridgehead atoms. The highest BCUT2D eigenvalue weighted by molar-refractivity contribution is 6.30. The van der Waals surface area contributed by atoms with Gasteiger partial charge in [0.25, 0.3) is 0 Å². The quantitative estimate of drug-likeness (QED) is 0.783. The Labute approximate surface area is 130 Å². The summed E-state index contributed by atoms with van der Waals surface area (Å²) >= 11 is 5.95. The van der Waals surface area contributed by atoms with Gasteiger partial charge in [0.1, 0.15) is 6.29 Å². The SMILES string of the molecule is CN(Cc1cccc(Cl)c1)C(=O)CN1CCCC(C=O)C1. The van der Waals surface area contributed by atoms with E-state index in [0.29, 0.717) is 24.7 Å². The number of aldehydes is 1. The Balaban J connectivity index is 1.86. The second-order valence-electron chi connectivity index (χ2n) is 5.65. The number of halogens is 1. The van der Waals surface area contributed by atoms with Crippen molar-refractivity contribution in [1.82, 2.24) is 9.80 Å². The number of hydrogen-bond donors (Lipinski definition) is 0. The molecule has 1 aromatic carbocycles. The van der Waals surface area contributed by atoms with Gasteiger partial charge in [-0.15, -0.1) is 0 Å². The lowest BCUT2D eigenvalue weighted by Gasteiger charge is -2.30. The van der Waals surface area contributed by atoms with Crippen LogP contribution in [0.15, 0.2) is 24.3 Å². The number of likely N-dealkylation sites (N-methyl/N-ethyl adjacent to an activating group) is 1. The summed E-state index contributed by atoms with van der Waals surface area (Å²) < 4.78 is 0. The van der Waals surface area contributed by atoms with Crippen molar-refractivity contribution < 1.29 is 9.59 Å². The standard InChI is InChI=1S/C16H21ClN2O2/c1-18(9-13-4-2-6-15(17)8-13)16(21)11-19-7-3-5-14(10-19)12-20/h2,4,6,8,12,14H,3,5,7,9-11H2,1H3. The molecule has 0 aliphatic carbocycles. The Bertz CT molecular complexity index is 507. The van der Waals surface area contributed by atoms with Gasteiger partial charge in [-0.2, -0.15) is 0 Å². The maximum absolute atomic E-state index is 12.3. The second kappa shape index (κ2) is 7.57. The molecule has 0 N–H and O–H groups in total. The molecular formula is C16H21ClN2O2. The molecule has 0 spiro atoms. The lowest BCUT2D eigenvalue weighted by Crippen LogP contribution is -2.43. The van der Waals surface area contributed by atoms with Gasteiger partial charge in [-0.05, 0) is 37.1 Å². The molecule has 21 heavy (non-hydrogen) atoms. The summed E-state index contributed by atoms with van der Waals surface area (Å²) in [4.78, 5) is 26.9. The number of likely N-dealkylation sites (tertiary alicyclic amines) is 1. The molecule has 1 aromatic rings. The second-order valence-corrected chi connectivity index (χ2v) is 6.09. The maximum Gasteiger partial charge on any atom is 0.236 e. The number of amides is 1. The fourth-order valence-corrected chi connectivity index (χ4v) is 2.87. The zero-order chi connectivity index (χ0) is 15.2. The van der Waals surface area contributed by atoms with Gasteiger partial charge in [0, 0.05) is 31.1 Å². The van der Waals surface area contributed by atoms with E-state index in [9.17, 15) is 9.59 Å². The van der Waals surface area contributed by atoms with Crippen molar-refractivity contribution in [2.45, 2.75) is 19.4 Å². The lowest BCUT2D eigenvalue weighted by molar-refractivity contribution is -0.132. The molecular weight excluding hydrogens is 288 g/mol. The van der Waals surface area contributed by atoms with Crippen LogP contribution >= 0.6 is 11.6 Å². The summed E-state index contributed by atoms with van der Waals surface area (Å²) in [5, 5.41) is 0.679. The molecule has 5 heteroatoms. The van der Waals surface area contributed by atoms with Crippen LogP contribution in [0.25, 0.3) is 0 Å². The molecule has 0 saturated carbocycles. The van der Waals surface area contributed by atoms with Crippen LogP contribution in [0, 0.1) is 5.92 Å². The molecule has 1 fully saturated rings. The number of carbonyl (C=O) groups excluding carboxylic acids is 2. The molecule has 0 radical (unpaired) electrons. The molecule has 1 unspecified atom stereocenters. The van der Waals surface area contributed by atoms with Gasteiger partial charge >= 0.3 is 0 Å². The molecule has 1 aliphatic heterocycles. The average molecular weight is 309 g/mol. The summed E-state index contributed by atoms with van der Waals surface area (Å²) in [5.74, 6) is 0.145. The zero-order valence-electron chi connectivity index (χ0n) is 12.3. The van der Waals surface area contributed by atoms with E-state index in [1.165, 1.54) is 0 Å². The maximum atomic E-state index is 12.3. The van der Waals surface area contributed by atoms with Gasteiger partial charge < -0.3 is 9.69 Å². The molecule has 1 heterocycles. The molecule has 2 rings (SSSR count). The van der Waals surface area contributed by atoms with Crippen LogP contribution < -0.4 is 0 Å². The van der Waals surface area contributed by atoms with Crippen LogP contribution in [-0.4, -0.2) is 48.7 Å². The molecule has 1 amide bonds. The van der Waals surface area contributed by atoms with Crippen molar-refractivity contribution in [3.63, 3.8) is 0 Å². The number of rotatable bonds is 5. The van der Waals surface area contributed by atoms with E-state index in [4.69, 9.17) is 11.6 Å². The Kier molecular flexibility index (Phi) is 5.76. The third kappa shape index (κ3) is 4.83. The monoisotopic (exact) mass is 308 g/mol. The minimum atomic E-state index is 0.0709. The first kappa shape index (κ1) is 16.0. The van der Waals surface area contributed by atoms with Crippen LogP contribution in [0.1, 0.15) is 18.4 Å². The van der Waals surface area contributed by atoms with E-state index >= 15 is 0 Å². The summed E-state index contributed by atoms with van der Waals surface area (Å²) in [5.41, 5.74) is 1.02. The summed E-state index contributed by atoms with van der Waals surface area (Å²) in [6.45, 7) is 2.51. The highest BCUT2D eigenvalue weighted by Crippen LogP contribution is 2.15. The number of carbonyl (C=O) groups is 2. The number of hydrogen-bond acceptors (Lipinski definition) is 3. The third-order valence-electron chi connectivity index (χ3n) is 3.83. The zero-order valence-corrected chi connectivity index (χ0v) is 13.1. The van der Waals surface area contributed by atoms with Crippen LogP contribution in [0.2, 0.25) is 5.02 Å². The number of benzene rings is 1. The molecule has 1 saturated heterocycles. The minimum absolute atomic E-state index is 0.0709. The number of piperidine rings is 1. The van der Waals surface area contributed by atoms with E-state index in [2.05, 4.69) is 4.90 Å². The van der Waals surface area contributed by atoms with Crippen molar-refractivity contribution in [1.29, 1.82) is 0 Å². The Morgan fingerprint density at radius 1 is 1.52 bits per heavy atom. The van der Waals surface area contributed by atoms with E-state index < -0.39 is 0 Å². The summed E-state index contributed by atoms with van der Waals surface area (Å²) in [7, 11) is 1.80. The fraction of sp³-hybridized carbons (Fsp3) is 0.500. The smallest absolute Gasteiger partial charge is 0.236 e. The van der Waals surface area contributed by atoms with Crippen molar-refractivity contribution >= 4 is 23.8 Å². The average Bonchev–Trinajstić information content (AvgIpc) is 2.47. The van der Waals surface area contributed by atoms with E-state index in [1.54, 1.807) is 11.9 Å². The van der Waals surface area contributed by atoms with Crippen LogP contribution in [0.4, 0.5) is 0 Å². The minimum Gasteiger partial charge on any atom is -0.340 e. The Morgan fingerprint density at radius 3 is 3.05 bits per heavy atom. The Hall–Kier alpha value is -1.39. The highest BCUT2D eigenvalue weighted by Gasteiger charge is 2.22. The van der Waals surface area contributed by atoms with Gasteiger partial charge in [0.15, 0.2) is 0 Å². The van der Waals surface area contributed by atoms with E-state index in [1.807, 2.05) is 24.3 Å². The van der Waals surface area contributed by atoms with E-state index in [-0.39, 0.29) is 11.8 Å². The molecule has 4 nitrogen and oxygen atoms in total. The van der Waals surface area contributed by atoms with Crippen LogP contribution in [0.5, 0.6) is 0 Å². The van der Waals surface area contributed by atoms with Crippen LogP contribution in [0.3, 0.4) is 0 Å². The lowest BCUT2D eigenvalue weighted by atomic mass is 10.00. The third-order valence-corrected chi connectivity index (χ3v) is 4.06. The van der Waals surface area contributed by atoms with Crippen LogP contribution in [-0.2, 0) is 16.1 Å². The first-order valence-electron chi connectivity index (χ1n) is 7.24. The van der Waals surface area contributed by atoms with Crippen molar-refractivity contribution in [3.05, 3.63) is 34.9 Å². The first-order chi connectivity index (χ1) is 10.1. The molecule has 0 aromatic heterocycles. The van der Waals surface area contributed by atoms with Crippen molar-refractivity contribution in [3.8, 4) is 0 Å². The summed E-state index contributed by atoms with van der Waals surface area (Å²) in [6.07, 6.45) is 2.92. The number of nitrogens with zero attached hydrogens (tertiary/aromatic N) is 2. The van der Waals surface area contributed by atoms with Gasteiger partial charge in [-0.25, -0.2) is 0 Å². The van der Waals surface area contributed by atoms with Gasteiger partial charge in [0.2, 0.25) is 5.91 Å². The van der Waals surface area contributed by atoms with Crippen molar-refractivity contribution in [2.24, 2.45) is 5.92 Å². The van der Waals surface area contributed by atoms with Gasteiger partial charge in [-0.3, -0.25) is 9.69 Å². The van der Waals surface area contributed by atoms with Crippen molar-refractivity contribution in [2.75, 3.05) is 26.7 Å².